The van der Waals surface area contributed by atoms with E-state index < -0.39 is 5.41 Å². The number of nitrogens with zero attached hydrogens (tertiary/aromatic N) is 5. The maximum absolute atomic E-state index is 8.66. The minimum atomic E-state index is -0.403. The number of halogens is 1. The zero-order valence-corrected chi connectivity index (χ0v) is 21.7. The number of morpholine rings is 1. The average Bonchev–Trinajstić information content (AvgIpc) is 3.51. The molecular weight excluding hydrogens is 506 g/mol. The summed E-state index contributed by atoms with van der Waals surface area (Å²) in [5, 5.41) is 11.9. The minimum absolute atomic E-state index is 0.113. The summed E-state index contributed by atoms with van der Waals surface area (Å²) in [6, 6.07) is 12.1. The molecule has 0 unspecified atom stereocenters. The predicted molar refractivity (Wildman–Crippen MR) is 146 cm³/mol. The van der Waals surface area contributed by atoms with Crippen molar-refractivity contribution in [2.24, 2.45) is 4.99 Å². The molecule has 2 atom stereocenters. The summed E-state index contributed by atoms with van der Waals surface area (Å²) in [4.78, 5) is 15.4. The summed E-state index contributed by atoms with van der Waals surface area (Å²) in [5.74, 6) is 3.08. The lowest BCUT2D eigenvalue weighted by Crippen LogP contribution is -2.37. The molecule has 38 heavy (non-hydrogen) atoms. The molecule has 194 valence electrons. The number of aromatic amines is 1. The topological polar surface area (TPSA) is 110 Å². The fourth-order valence-corrected chi connectivity index (χ4v) is 5.70. The number of ether oxygens (including phenoxy) is 3. The number of fused-ring (bicyclic) bond motifs is 3. The van der Waals surface area contributed by atoms with E-state index in [0.29, 0.717) is 55.7 Å². The number of hydrogen-bond donors (Lipinski definition) is 2. The van der Waals surface area contributed by atoms with Gasteiger partial charge in [-0.05, 0) is 65.4 Å². The molecule has 0 amide bonds. The van der Waals surface area contributed by atoms with Gasteiger partial charge in [0.2, 0.25) is 11.0 Å². The molecule has 4 aromatic rings. The van der Waals surface area contributed by atoms with Crippen LogP contribution >= 0.6 is 11.6 Å². The SMILES string of the molecule is [2H]C1=Nc2ccc(OC)cc2[C@]12C[C@H]2c1ccc2c(Nc3nc(Cl)nc(N4CCOCC4)c3OC)n[nH]c2c1. The fraction of sp³-hybridized carbons (Fsp3) is 0.333. The van der Waals surface area contributed by atoms with Crippen LogP contribution in [0.1, 0.15) is 24.8 Å². The molecule has 2 aromatic heterocycles. The molecule has 2 aliphatic heterocycles. The molecule has 4 heterocycles. The van der Waals surface area contributed by atoms with E-state index in [2.05, 4.69) is 47.5 Å². The molecule has 0 bridgehead atoms. The molecule has 7 rings (SSSR count). The Bertz CT molecular complexity index is 1640. The van der Waals surface area contributed by atoms with E-state index >= 15 is 0 Å². The molecule has 2 aromatic carbocycles. The second-order valence-corrected chi connectivity index (χ2v) is 9.97. The smallest absolute Gasteiger partial charge is 0.226 e. The van der Waals surface area contributed by atoms with Gasteiger partial charge in [-0.1, -0.05) is 6.07 Å². The molecule has 1 saturated carbocycles. The first-order valence-corrected chi connectivity index (χ1v) is 12.8. The van der Waals surface area contributed by atoms with Crippen molar-refractivity contribution in [2.75, 3.05) is 50.7 Å². The van der Waals surface area contributed by atoms with Crippen molar-refractivity contribution in [1.29, 1.82) is 0 Å². The number of nitrogens with one attached hydrogen (secondary N) is 2. The molecule has 1 aliphatic carbocycles. The van der Waals surface area contributed by atoms with E-state index in [4.69, 9.17) is 27.2 Å². The molecule has 2 N–H and O–H groups in total. The number of aromatic nitrogens is 4. The van der Waals surface area contributed by atoms with Crippen molar-refractivity contribution in [1.82, 2.24) is 20.2 Å². The molecule has 11 heteroatoms. The third-order valence-corrected chi connectivity index (χ3v) is 7.75. The van der Waals surface area contributed by atoms with E-state index in [1.54, 1.807) is 14.2 Å². The molecule has 3 aliphatic rings. The highest BCUT2D eigenvalue weighted by atomic mass is 35.5. The van der Waals surface area contributed by atoms with Crippen LogP contribution in [-0.4, -0.2) is 66.9 Å². The molecular formula is C27H26ClN7O3. The summed E-state index contributed by atoms with van der Waals surface area (Å²) in [6.07, 6.45) is 1.24. The number of methoxy groups -OCH3 is 2. The van der Waals surface area contributed by atoms with Gasteiger partial charge in [0.1, 0.15) is 5.75 Å². The number of rotatable bonds is 6. The van der Waals surface area contributed by atoms with Gasteiger partial charge in [0, 0.05) is 30.1 Å². The Hall–Kier alpha value is -3.89. The lowest BCUT2D eigenvalue weighted by atomic mass is 9.92. The first-order chi connectivity index (χ1) is 19.0. The van der Waals surface area contributed by atoms with E-state index in [-0.39, 0.29) is 11.2 Å². The summed E-state index contributed by atoms with van der Waals surface area (Å²) in [7, 11) is 3.24. The highest BCUT2D eigenvalue weighted by Crippen LogP contribution is 2.64. The summed E-state index contributed by atoms with van der Waals surface area (Å²) < 4.78 is 25.3. The zero-order chi connectivity index (χ0) is 26.7. The van der Waals surface area contributed by atoms with Gasteiger partial charge in [0.15, 0.2) is 17.5 Å². The second-order valence-electron chi connectivity index (χ2n) is 9.63. The van der Waals surface area contributed by atoms with E-state index in [0.717, 1.165) is 39.9 Å². The third kappa shape index (κ3) is 3.66. The van der Waals surface area contributed by atoms with Crippen LogP contribution in [0.15, 0.2) is 41.4 Å². The van der Waals surface area contributed by atoms with Crippen LogP contribution in [-0.2, 0) is 10.2 Å². The number of H-pyrrole nitrogens is 1. The van der Waals surface area contributed by atoms with Crippen molar-refractivity contribution in [3.63, 3.8) is 0 Å². The van der Waals surface area contributed by atoms with Crippen LogP contribution in [0.4, 0.5) is 23.1 Å². The summed E-state index contributed by atoms with van der Waals surface area (Å²) in [6.45, 7) is 2.58. The Balaban J connectivity index is 1.19. The average molecular weight is 533 g/mol. The Morgan fingerprint density at radius 3 is 2.82 bits per heavy atom. The Labute approximate surface area is 225 Å². The lowest BCUT2D eigenvalue weighted by molar-refractivity contribution is 0.122. The first kappa shape index (κ1) is 22.1. The van der Waals surface area contributed by atoms with Crippen LogP contribution in [0.25, 0.3) is 10.9 Å². The van der Waals surface area contributed by atoms with Crippen molar-refractivity contribution in [2.45, 2.75) is 17.8 Å². The lowest BCUT2D eigenvalue weighted by Gasteiger charge is -2.29. The zero-order valence-electron chi connectivity index (χ0n) is 21.9. The van der Waals surface area contributed by atoms with Gasteiger partial charge in [0.05, 0.1) is 40.0 Å². The summed E-state index contributed by atoms with van der Waals surface area (Å²) >= 11 is 6.31. The van der Waals surface area contributed by atoms with Gasteiger partial charge >= 0.3 is 0 Å². The van der Waals surface area contributed by atoms with Crippen molar-refractivity contribution in [3.8, 4) is 11.5 Å². The van der Waals surface area contributed by atoms with Crippen molar-refractivity contribution >= 4 is 51.8 Å². The highest BCUT2D eigenvalue weighted by molar-refractivity contribution is 6.28. The molecule has 10 nitrogen and oxygen atoms in total. The van der Waals surface area contributed by atoms with Crippen LogP contribution in [0.3, 0.4) is 0 Å². The monoisotopic (exact) mass is 532 g/mol. The summed E-state index contributed by atoms with van der Waals surface area (Å²) in [5.41, 5.74) is 3.51. The molecule has 2 fully saturated rings. The van der Waals surface area contributed by atoms with Gasteiger partial charge in [-0.3, -0.25) is 10.1 Å². The number of anilines is 3. The van der Waals surface area contributed by atoms with Crippen molar-refractivity contribution in [3.05, 3.63) is 52.8 Å². The third-order valence-electron chi connectivity index (χ3n) is 7.58. The molecule has 1 spiro atoms. The number of benzene rings is 2. The van der Waals surface area contributed by atoms with Gasteiger partial charge in [-0.15, -0.1) is 0 Å². The molecule has 1 saturated heterocycles. The van der Waals surface area contributed by atoms with E-state index in [9.17, 15) is 0 Å². The van der Waals surface area contributed by atoms with Crippen LogP contribution in [0, 0.1) is 0 Å². The van der Waals surface area contributed by atoms with Gasteiger partial charge < -0.3 is 24.4 Å². The van der Waals surface area contributed by atoms with Gasteiger partial charge in [-0.2, -0.15) is 15.1 Å². The molecule has 0 radical (unpaired) electrons. The Kier molecular flexibility index (Phi) is 5.15. The standard InChI is InChI=1S/C27H26ClN7O3/c1-36-16-4-6-20-18(12-16)27(14-29-20)13-19(27)15-3-5-17-21(11-15)33-34-23(17)30-24-22(37-2)25(32-26(28)31-24)35-7-9-38-10-8-35/h3-6,11-12,14,19H,7-10,13H2,1-2H3,(H2,30,31,32,33,34)/t19-,27-/m0/s1/i14D. The van der Waals surface area contributed by atoms with E-state index in [1.165, 1.54) is 0 Å². The maximum atomic E-state index is 8.66. The van der Waals surface area contributed by atoms with Crippen LogP contribution in [0.2, 0.25) is 5.28 Å². The largest absolute Gasteiger partial charge is 0.497 e. The van der Waals surface area contributed by atoms with Crippen LogP contribution in [0.5, 0.6) is 11.5 Å². The number of hydrogen-bond acceptors (Lipinski definition) is 9. The van der Waals surface area contributed by atoms with Crippen LogP contribution < -0.4 is 19.7 Å². The Morgan fingerprint density at radius 1 is 1.13 bits per heavy atom. The predicted octanol–water partition coefficient (Wildman–Crippen LogP) is 4.74. The van der Waals surface area contributed by atoms with Gasteiger partial charge in [0.25, 0.3) is 0 Å². The van der Waals surface area contributed by atoms with Gasteiger partial charge in [-0.25, -0.2) is 0 Å². The van der Waals surface area contributed by atoms with E-state index in [1.807, 2.05) is 24.3 Å². The minimum Gasteiger partial charge on any atom is -0.497 e. The first-order valence-electron chi connectivity index (χ1n) is 13.0. The number of aliphatic imine (C=N–C) groups is 1. The normalized spacial score (nSPS) is 22.3. The van der Waals surface area contributed by atoms with Crippen molar-refractivity contribution < 1.29 is 15.6 Å². The quantitative estimate of drug-likeness (QED) is 0.342. The highest BCUT2D eigenvalue weighted by Gasteiger charge is 2.58. The fourth-order valence-electron chi connectivity index (χ4n) is 5.54. The Morgan fingerprint density at radius 2 is 2.00 bits per heavy atom. The second kappa shape index (κ2) is 8.85. The maximum Gasteiger partial charge on any atom is 0.226 e.